The molecule has 0 saturated heterocycles. The maximum Gasteiger partial charge on any atom is 0.257 e. The molecule has 1 heterocycles. The summed E-state index contributed by atoms with van der Waals surface area (Å²) in [5.74, 6) is 0.373. The number of para-hydroxylation sites is 1. The molecule has 4 nitrogen and oxygen atoms in total. The predicted octanol–water partition coefficient (Wildman–Crippen LogP) is 4.72. The minimum Gasteiger partial charge on any atom is -0.305 e. The van der Waals surface area contributed by atoms with E-state index in [2.05, 4.69) is 22.5 Å². The number of nitrogens with zero attached hydrogens (tertiary/aromatic N) is 2. The number of rotatable bonds is 5. The third-order valence-corrected chi connectivity index (χ3v) is 4.35. The van der Waals surface area contributed by atoms with Crippen molar-refractivity contribution in [2.75, 3.05) is 5.32 Å². The molecule has 0 bridgehead atoms. The molecule has 0 atom stereocenters. The molecule has 3 aromatic carbocycles. The van der Waals surface area contributed by atoms with E-state index in [9.17, 15) is 4.79 Å². The molecular formula is C23H19N3O. The smallest absolute Gasteiger partial charge is 0.257 e. The number of anilines is 1. The van der Waals surface area contributed by atoms with Crippen LogP contribution in [0, 0.1) is 0 Å². The zero-order valence-corrected chi connectivity index (χ0v) is 14.7. The van der Waals surface area contributed by atoms with Crippen LogP contribution in [0.1, 0.15) is 21.5 Å². The SMILES string of the molecule is O=C(Nc1ccn(-c2ccccc2)n1)c1ccccc1Cc1ccccc1. The van der Waals surface area contributed by atoms with E-state index in [1.165, 1.54) is 5.56 Å². The molecule has 0 unspecified atom stereocenters. The molecule has 0 aliphatic rings. The summed E-state index contributed by atoms with van der Waals surface area (Å²) in [6.07, 6.45) is 2.55. The van der Waals surface area contributed by atoms with Crippen LogP contribution < -0.4 is 5.32 Å². The lowest BCUT2D eigenvalue weighted by atomic mass is 9.99. The van der Waals surface area contributed by atoms with Crippen molar-refractivity contribution in [2.45, 2.75) is 6.42 Å². The second-order valence-electron chi connectivity index (χ2n) is 6.25. The number of hydrogen-bond acceptors (Lipinski definition) is 2. The largest absolute Gasteiger partial charge is 0.305 e. The van der Waals surface area contributed by atoms with Gasteiger partial charge in [0.1, 0.15) is 0 Å². The molecule has 0 fully saturated rings. The second-order valence-corrected chi connectivity index (χ2v) is 6.25. The second kappa shape index (κ2) is 7.70. The zero-order valence-electron chi connectivity index (χ0n) is 14.7. The fourth-order valence-electron chi connectivity index (χ4n) is 3.01. The molecule has 1 amide bonds. The van der Waals surface area contributed by atoms with Crippen LogP contribution in [-0.4, -0.2) is 15.7 Å². The lowest BCUT2D eigenvalue weighted by molar-refractivity contribution is 0.102. The molecule has 0 saturated carbocycles. The summed E-state index contributed by atoms with van der Waals surface area (Å²) in [6.45, 7) is 0. The number of hydrogen-bond donors (Lipinski definition) is 1. The van der Waals surface area contributed by atoms with Gasteiger partial charge in [-0.25, -0.2) is 4.68 Å². The van der Waals surface area contributed by atoms with Crippen molar-refractivity contribution >= 4 is 11.7 Å². The van der Waals surface area contributed by atoms with Crippen LogP contribution in [0.2, 0.25) is 0 Å². The minimum atomic E-state index is -0.153. The Bertz CT molecular complexity index is 1040. The van der Waals surface area contributed by atoms with Crippen LogP contribution >= 0.6 is 0 Å². The Morgan fingerprint density at radius 1 is 0.815 bits per heavy atom. The van der Waals surface area contributed by atoms with Gasteiger partial charge in [0.25, 0.3) is 5.91 Å². The van der Waals surface area contributed by atoms with Gasteiger partial charge in [-0.3, -0.25) is 4.79 Å². The number of amides is 1. The Morgan fingerprint density at radius 3 is 2.26 bits per heavy atom. The van der Waals surface area contributed by atoms with Crippen molar-refractivity contribution in [3.05, 3.63) is 114 Å². The number of carbonyl (C=O) groups excluding carboxylic acids is 1. The maximum absolute atomic E-state index is 12.8. The van der Waals surface area contributed by atoms with Crippen molar-refractivity contribution in [3.8, 4) is 5.69 Å². The summed E-state index contributed by atoms with van der Waals surface area (Å²) < 4.78 is 1.74. The quantitative estimate of drug-likeness (QED) is 0.564. The average Bonchev–Trinajstić information content (AvgIpc) is 3.18. The monoisotopic (exact) mass is 353 g/mol. The Morgan fingerprint density at radius 2 is 1.48 bits per heavy atom. The van der Waals surface area contributed by atoms with Crippen molar-refractivity contribution in [1.82, 2.24) is 9.78 Å². The lowest BCUT2D eigenvalue weighted by Crippen LogP contribution is -2.15. The van der Waals surface area contributed by atoms with Gasteiger partial charge in [-0.1, -0.05) is 66.7 Å². The van der Waals surface area contributed by atoms with Gasteiger partial charge in [0.2, 0.25) is 0 Å². The summed E-state index contributed by atoms with van der Waals surface area (Å²) in [4.78, 5) is 12.8. The molecule has 132 valence electrons. The molecular weight excluding hydrogens is 334 g/mol. The summed E-state index contributed by atoms with van der Waals surface area (Å²) in [7, 11) is 0. The van der Waals surface area contributed by atoms with Crippen LogP contribution in [0.4, 0.5) is 5.82 Å². The Kier molecular flexibility index (Phi) is 4.79. The minimum absolute atomic E-state index is 0.153. The summed E-state index contributed by atoms with van der Waals surface area (Å²) >= 11 is 0. The van der Waals surface area contributed by atoms with Crippen molar-refractivity contribution in [3.63, 3.8) is 0 Å². The highest BCUT2D eigenvalue weighted by Gasteiger charge is 2.13. The fourth-order valence-corrected chi connectivity index (χ4v) is 3.01. The van der Waals surface area contributed by atoms with Gasteiger partial charge in [-0.15, -0.1) is 0 Å². The normalized spacial score (nSPS) is 10.5. The first-order valence-corrected chi connectivity index (χ1v) is 8.84. The standard InChI is InChI=1S/C23H19N3O/c27-23(24-22-15-16-26(25-22)20-12-5-2-6-13-20)21-14-8-7-11-19(21)17-18-9-3-1-4-10-18/h1-16H,17H2,(H,24,25,27). The first-order chi connectivity index (χ1) is 13.3. The predicted molar refractivity (Wildman–Crippen MR) is 107 cm³/mol. The highest BCUT2D eigenvalue weighted by Crippen LogP contribution is 2.17. The van der Waals surface area contributed by atoms with Gasteiger partial charge in [-0.2, -0.15) is 5.10 Å². The Labute approximate surface area is 158 Å². The molecule has 0 aliphatic carbocycles. The van der Waals surface area contributed by atoms with Gasteiger partial charge >= 0.3 is 0 Å². The van der Waals surface area contributed by atoms with Crippen LogP contribution in [-0.2, 0) is 6.42 Å². The van der Waals surface area contributed by atoms with Crippen LogP contribution in [0.5, 0.6) is 0 Å². The zero-order chi connectivity index (χ0) is 18.5. The average molecular weight is 353 g/mol. The van der Waals surface area contributed by atoms with E-state index in [0.717, 1.165) is 11.3 Å². The van der Waals surface area contributed by atoms with Gasteiger partial charge in [0.05, 0.1) is 5.69 Å². The molecule has 4 rings (SSSR count). The fraction of sp³-hybridized carbons (Fsp3) is 0.0435. The molecule has 1 aromatic heterocycles. The van der Waals surface area contributed by atoms with Crippen LogP contribution in [0.25, 0.3) is 5.69 Å². The first-order valence-electron chi connectivity index (χ1n) is 8.84. The molecule has 4 aromatic rings. The first kappa shape index (κ1) is 16.8. The van der Waals surface area contributed by atoms with E-state index in [1.54, 1.807) is 10.7 Å². The number of carbonyl (C=O) groups is 1. The highest BCUT2D eigenvalue weighted by molar-refractivity contribution is 6.04. The summed E-state index contributed by atoms with van der Waals surface area (Å²) in [5.41, 5.74) is 3.77. The highest BCUT2D eigenvalue weighted by atomic mass is 16.1. The van der Waals surface area contributed by atoms with Gasteiger partial charge in [0.15, 0.2) is 5.82 Å². The van der Waals surface area contributed by atoms with Crippen LogP contribution in [0.3, 0.4) is 0 Å². The Balaban J connectivity index is 1.53. The van der Waals surface area contributed by atoms with E-state index in [-0.39, 0.29) is 5.91 Å². The summed E-state index contributed by atoms with van der Waals surface area (Å²) in [6, 6.07) is 29.4. The van der Waals surface area contributed by atoms with E-state index in [4.69, 9.17) is 0 Å². The van der Waals surface area contributed by atoms with Crippen molar-refractivity contribution < 1.29 is 4.79 Å². The molecule has 0 radical (unpaired) electrons. The lowest BCUT2D eigenvalue weighted by Gasteiger charge is -2.09. The maximum atomic E-state index is 12.8. The topological polar surface area (TPSA) is 46.9 Å². The van der Waals surface area contributed by atoms with E-state index < -0.39 is 0 Å². The number of aromatic nitrogens is 2. The molecule has 27 heavy (non-hydrogen) atoms. The molecule has 4 heteroatoms. The van der Waals surface area contributed by atoms with Crippen molar-refractivity contribution in [2.24, 2.45) is 0 Å². The van der Waals surface area contributed by atoms with Gasteiger partial charge < -0.3 is 5.32 Å². The van der Waals surface area contributed by atoms with Gasteiger partial charge in [0, 0.05) is 17.8 Å². The number of benzene rings is 3. The molecule has 0 aliphatic heterocycles. The van der Waals surface area contributed by atoms with Crippen LogP contribution in [0.15, 0.2) is 97.2 Å². The molecule has 0 spiro atoms. The third-order valence-electron chi connectivity index (χ3n) is 4.35. The van der Waals surface area contributed by atoms with E-state index >= 15 is 0 Å². The van der Waals surface area contributed by atoms with Gasteiger partial charge in [-0.05, 0) is 35.7 Å². The summed E-state index contributed by atoms with van der Waals surface area (Å²) in [5, 5.41) is 7.35. The molecule has 1 N–H and O–H groups in total. The van der Waals surface area contributed by atoms with E-state index in [1.807, 2.05) is 79.0 Å². The van der Waals surface area contributed by atoms with Crippen molar-refractivity contribution in [1.29, 1.82) is 0 Å². The van der Waals surface area contributed by atoms with E-state index in [0.29, 0.717) is 17.8 Å². The Hall–Kier alpha value is -3.66. The third kappa shape index (κ3) is 3.96. The number of nitrogens with one attached hydrogen (secondary N) is 1.